The van der Waals surface area contributed by atoms with Crippen molar-refractivity contribution in [2.45, 2.75) is 71.6 Å². The Bertz CT molecular complexity index is 961. The van der Waals surface area contributed by atoms with Gasteiger partial charge in [-0.05, 0) is 65.2 Å². The number of aliphatic hydroxyl groups excluding tert-OH is 1. The molecule has 4 rings (SSSR count). The fourth-order valence-electron chi connectivity index (χ4n) is 6.08. The largest absolute Gasteiger partial charge is 0.445 e. The van der Waals surface area contributed by atoms with E-state index in [1.165, 1.54) is 30.4 Å². The summed E-state index contributed by atoms with van der Waals surface area (Å²) in [5.74, 6) is 2.47. The van der Waals surface area contributed by atoms with Gasteiger partial charge in [0.2, 0.25) is 0 Å². The van der Waals surface area contributed by atoms with Crippen molar-refractivity contribution in [3.63, 3.8) is 0 Å². The van der Waals surface area contributed by atoms with Gasteiger partial charge in [0.05, 0.1) is 12.6 Å². The maximum Gasteiger partial charge on any atom is 0.410 e. The number of carbonyl (C=O) groups is 1. The highest BCUT2D eigenvalue weighted by Gasteiger charge is 2.33. The zero-order valence-corrected chi connectivity index (χ0v) is 21.6. The Balaban J connectivity index is 1.50. The number of carbonyl (C=O) groups excluding carboxylic acids is 1. The minimum atomic E-state index is -0.242. The Labute approximate surface area is 210 Å². The number of piperazine rings is 1. The number of rotatable bonds is 7. The molecule has 2 aromatic carbocycles. The Kier molecular flexibility index (Phi) is 8.85. The monoisotopic (exact) mass is 478 g/mol. The molecular formula is C30H42N2O3. The summed E-state index contributed by atoms with van der Waals surface area (Å²) in [7, 11) is 0. The molecule has 1 saturated carbocycles. The van der Waals surface area contributed by atoms with Gasteiger partial charge in [0.15, 0.2) is 0 Å². The quantitative estimate of drug-likeness (QED) is 0.551. The highest BCUT2D eigenvalue weighted by molar-refractivity contribution is 5.68. The minimum absolute atomic E-state index is 0.0472. The first-order valence-corrected chi connectivity index (χ1v) is 13.4. The molecule has 4 atom stereocenters. The molecule has 2 aliphatic rings. The van der Waals surface area contributed by atoms with Gasteiger partial charge in [-0.1, -0.05) is 75.7 Å². The molecule has 5 heteroatoms. The van der Waals surface area contributed by atoms with E-state index in [0.29, 0.717) is 36.8 Å². The second kappa shape index (κ2) is 12.0. The van der Waals surface area contributed by atoms with Gasteiger partial charge in [-0.2, -0.15) is 0 Å². The lowest BCUT2D eigenvalue weighted by Gasteiger charge is -2.39. The van der Waals surface area contributed by atoms with E-state index in [2.05, 4.69) is 44.3 Å². The van der Waals surface area contributed by atoms with Crippen LogP contribution >= 0.6 is 0 Å². The van der Waals surface area contributed by atoms with Crippen LogP contribution in [0.25, 0.3) is 0 Å². The smallest absolute Gasteiger partial charge is 0.410 e. The van der Waals surface area contributed by atoms with Crippen molar-refractivity contribution in [3.05, 3.63) is 70.8 Å². The van der Waals surface area contributed by atoms with Gasteiger partial charge >= 0.3 is 6.09 Å². The number of aliphatic hydroxyl groups is 1. The number of ether oxygens (including phenoxy) is 1. The fraction of sp³-hybridized carbons (Fsp3) is 0.567. The van der Waals surface area contributed by atoms with Crippen molar-refractivity contribution in [2.24, 2.45) is 17.8 Å². The second-order valence-corrected chi connectivity index (χ2v) is 10.9. The molecule has 2 aromatic rings. The van der Waals surface area contributed by atoms with Gasteiger partial charge in [-0.15, -0.1) is 0 Å². The van der Waals surface area contributed by atoms with Gasteiger partial charge in [-0.3, -0.25) is 0 Å². The molecule has 1 saturated heterocycles. The molecule has 190 valence electrons. The third kappa shape index (κ3) is 6.45. The fourth-order valence-corrected chi connectivity index (χ4v) is 6.08. The van der Waals surface area contributed by atoms with Crippen LogP contribution < -0.4 is 5.32 Å². The van der Waals surface area contributed by atoms with Gasteiger partial charge in [0.1, 0.15) is 6.61 Å². The summed E-state index contributed by atoms with van der Waals surface area (Å²) in [6, 6.07) is 16.4. The number of hydrogen-bond acceptors (Lipinski definition) is 4. The Morgan fingerprint density at radius 1 is 1.14 bits per heavy atom. The molecule has 2 N–H and O–H groups in total. The topological polar surface area (TPSA) is 61.8 Å². The molecule has 0 spiro atoms. The van der Waals surface area contributed by atoms with Crippen LogP contribution in [0.3, 0.4) is 0 Å². The van der Waals surface area contributed by atoms with E-state index >= 15 is 0 Å². The summed E-state index contributed by atoms with van der Waals surface area (Å²) in [6.45, 7) is 9.59. The average molecular weight is 479 g/mol. The van der Waals surface area contributed by atoms with Crippen LogP contribution in [0.15, 0.2) is 48.5 Å². The molecule has 1 amide bonds. The SMILES string of the molecule is CC1CCC(C(C)C)C(c2cc(CC3CNCCN3C(=O)OCc3ccccc3)ccc2CO)C1. The molecule has 4 unspecified atom stereocenters. The third-order valence-corrected chi connectivity index (χ3v) is 8.06. The minimum Gasteiger partial charge on any atom is -0.445 e. The van der Waals surface area contributed by atoms with E-state index < -0.39 is 0 Å². The summed E-state index contributed by atoms with van der Waals surface area (Å²) in [5.41, 5.74) is 4.60. The van der Waals surface area contributed by atoms with Crippen LogP contribution in [0, 0.1) is 17.8 Å². The first kappa shape index (κ1) is 25.7. The molecule has 5 nitrogen and oxygen atoms in total. The van der Waals surface area contributed by atoms with Crippen LogP contribution in [0.1, 0.15) is 68.2 Å². The standard InChI is InChI=1S/C30H42N2O3/c1-21(2)27-12-9-22(3)15-29(27)28-17-24(10-11-25(28)19-33)16-26-18-31-13-14-32(26)30(34)35-20-23-7-5-4-6-8-23/h4-8,10-11,17,21-22,26-27,29,31,33H,9,12-16,18-20H2,1-3H3. The summed E-state index contributed by atoms with van der Waals surface area (Å²) < 4.78 is 5.67. The maximum absolute atomic E-state index is 13.0. The lowest BCUT2D eigenvalue weighted by molar-refractivity contribution is 0.0722. The van der Waals surface area contributed by atoms with Gasteiger partial charge in [-0.25, -0.2) is 4.79 Å². The predicted octanol–water partition coefficient (Wildman–Crippen LogP) is 5.51. The van der Waals surface area contributed by atoms with Crippen molar-refractivity contribution < 1.29 is 14.6 Å². The zero-order chi connectivity index (χ0) is 24.8. The molecule has 1 aliphatic heterocycles. The number of benzene rings is 2. The van der Waals surface area contributed by atoms with Crippen LogP contribution in [0.4, 0.5) is 4.79 Å². The highest BCUT2D eigenvalue weighted by Crippen LogP contribution is 2.45. The van der Waals surface area contributed by atoms with Gasteiger partial charge < -0.3 is 20.1 Å². The second-order valence-electron chi connectivity index (χ2n) is 10.9. The Morgan fingerprint density at radius 2 is 1.94 bits per heavy atom. The lowest BCUT2D eigenvalue weighted by Crippen LogP contribution is -2.54. The summed E-state index contributed by atoms with van der Waals surface area (Å²) in [5, 5.41) is 13.6. The van der Waals surface area contributed by atoms with Crippen molar-refractivity contribution in [1.29, 1.82) is 0 Å². The van der Waals surface area contributed by atoms with Crippen LogP contribution in [0.5, 0.6) is 0 Å². The lowest BCUT2D eigenvalue weighted by atomic mass is 9.66. The first-order valence-electron chi connectivity index (χ1n) is 13.4. The summed E-state index contributed by atoms with van der Waals surface area (Å²) in [4.78, 5) is 14.9. The zero-order valence-electron chi connectivity index (χ0n) is 21.6. The van der Waals surface area contributed by atoms with E-state index in [9.17, 15) is 9.90 Å². The van der Waals surface area contributed by atoms with E-state index in [1.54, 1.807) is 0 Å². The van der Waals surface area contributed by atoms with Crippen LogP contribution in [-0.4, -0.2) is 41.8 Å². The summed E-state index contributed by atoms with van der Waals surface area (Å²) in [6.07, 6.45) is 4.27. The van der Waals surface area contributed by atoms with Crippen molar-refractivity contribution >= 4 is 6.09 Å². The number of hydrogen-bond donors (Lipinski definition) is 2. The third-order valence-electron chi connectivity index (χ3n) is 8.06. The number of nitrogens with one attached hydrogen (secondary N) is 1. The predicted molar refractivity (Wildman–Crippen MR) is 140 cm³/mol. The molecule has 2 fully saturated rings. The van der Waals surface area contributed by atoms with Gasteiger partial charge in [0.25, 0.3) is 0 Å². The molecular weight excluding hydrogens is 436 g/mol. The maximum atomic E-state index is 13.0. The molecule has 1 aliphatic carbocycles. The molecule has 0 bridgehead atoms. The van der Waals surface area contributed by atoms with E-state index in [4.69, 9.17) is 4.74 Å². The molecule has 0 aromatic heterocycles. The average Bonchev–Trinajstić information content (AvgIpc) is 2.88. The molecule has 1 heterocycles. The van der Waals surface area contributed by atoms with E-state index in [1.807, 2.05) is 35.2 Å². The van der Waals surface area contributed by atoms with Crippen LogP contribution in [-0.2, 0) is 24.4 Å². The Morgan fingerprint density at radius 3 is 2.69 bits per heavy atom. The van der Waals surface area contributed by atoms with Crippen LogP contribution in [0.2, 0.25) is 0 Å². The molecule has 35 heavy (non-hydrogen) atoms. The highest BCUT2D eigenvalue weighted by atomic mass is 16.6. The Hall–Kier alpha value is -2.37. The summed E-state index contributed by atoms with van der Waals surface area (Å²) >= 11 is 0. The van der Waals surface area contributed by atoms with Gasteiger partial charge in [0, 0.05) is 19.6 Å². The van der Waals surface area contributed by atoms with E-state index in [-0.39, 0.29) is 18.7 Å². The molecule has 0 radical (unpaired) electrons. The van der Waals surface area contributed by atoms with Crippen molar-refractivity contribution in [1.82, 2.24) is 10.2 Å². The number of nitrogens with zero attached hydrogens (tertiary/aromatic N) is 1. The first-order chi connectivity index (χ1) is 17.0. The normalized spacial score (nSPS) is 25.0. The van der Waals surface area contributed by atoms with Crippen molar-refractivity contribution in [2.75, 3.05) is 19.6 Å². The van der Waals surface area contributed by atoms with E-state index in [0.717, 1.165) is 30.6 Å². The number of amides is 1. The van der Waals surface area contributed by atoms with Crippen molar-refractivity contribution in [3.8, 4) is 0 Å².